The van der Waals surface area contributed by atoms with Crippen LogP contribution < -0.4 is 15.6 Å². The Bertz CT molecular complexity index is 550. The lowest BCUT2D eigenvalue weighted by molar-refractivity contribution is 0.0962. The Balaban J connectivity index is 1.95. The number of ether oxygens (including phenoxy) is 1. The van der Waals surface area contributed by atoms with Crippen molar-refractivity contribution in [3.63, 3.8) is 0 Å². The monoisotopic (exact) mass is 258 g/mol. The van der Waals surface area contributed by atoms with Crippen LogP contribution in [0, 0.1) is 0 Å². The third-order valence-electron chi connectivity index (χ3n) is 2.54. The van der Waals surface area contributed by atoms with Crippen LogP contribution in [0.25, 0.3) is 0 Å². The number of carbonyl (C=O) groups is 1. The summed E-state index contributed by atoms with van der Waals surface area (Å²) in [5.74, 6) is 0.616. The van der Waals surface area contributed by atoms with Crippen LogP contribution in [0.5, 0.6) is 11.5 Å². The number of anilines is 1. The lowest BCUT2D eigenvalue weighted by Gasteiger charge is -2.08. The van der Waals surface area contributed by atoms with Gasteiger partial charge in [0.25, 0.3) is 5.91 Å². The SMILES string of the molecule is COc1ccc(C(=O)NNc2ccc(O)cc2)cc1. The summed E-state index contributed by atoms with van der Waals surface area (Å²) in [6.45, 7) is 0. The van der Waals surface area contributed by atoms with Crippen molar-refractivity contribution < 1.29 is 14.6 Å². The van der Waals surface area contributed by atoms with Crippen LogP contribution >= 0.6 is 0 Å². The molecule has 0 aliphatic carbocycles. The standard InChI is InChI=1S/C14H14N2O3/c1-19-13-8-2-10(3-9-13)14(18)16-15-11-4-6-12(17)7-5-11/h2-9,15,17H,1H3,(H,16,18). The third-order valence-corrected chi connectivity index (χ3v) is 2.54. The molecule has 0 saturated heterocycles. The van der Waals surface area contributed by atoms with Gasteiger partial charge in [-0.2, -0.15) is 0 Å². The summed E-state index contributed by atoms with van der Waals surface area (Å²) in [6.07, 6.45) is 0. The van der Waals surface area contributed by atoms with Crippen molar-refractivity contribution in [3.05, 3.63) is 54.1 Å². The van der Waals surface area contributed by atoms with Crippen LogP contribution in [0.2, 0.25) is 0 Å². The van der Waals surface area contributed by atoms with E-state index in [1.807, 2.05) is 0 Å². The van der Waals surface area contributed by atoms with E-state index in [4.69, 9.17) is 9.84 Å². The Kier molecular flexibility index (Phi) is 3.87. The van der Waals surface area contributed by atoms with E-state index in [-0.39, 0.29) is 11.7 Å². The van der Waals surface area contributed by atoms with E-state index in [2.05, 4.69) is 10.9 Å². The molecule has 1 amide bonds. The number of phenols is 1. The van der Waals surface area contributed by atoms with Gasteiger partial charge in [-0.1, -0.05) is 0 Å². The zero-order valence-corrected chi connectivity index (χ0v) is 10.4. The Morgan fingerprint density at radius 3 is 2.26 bits per heavy atom. The van der Waals surface area contributed by atoms with Crippen molar-refractivity contribution in [2.24, 2.45) is 0 Å². The highest BCUT2D eigenvalue weighted by molar-refractivity contribution is 5.94. The molecule has 0 saturated carbocycles. The van der Waals surface area contributed by atoms with Gasteiger partial charge in [-0.25, -0.2) is 0 Å². The molecule has 5 nitrogen and oxygen atoms in total. The maximum Gasteiger partial charge on any atom is 0.269 e. The molecule has 98 valence electrons. The zero-order valence-electron chi connectivity index (χ0n) is 10.4. The zero-order chi connectivity index (χ0) is 13.7. The topological polar surface area (TPSA) is 70.6 Å². The Labute approximate surface area is 110 Å². The maximum atomic E-state index is 11.8. The van der Waals surface area contributed by atoms with Crippen LogP contribution in [0.3, 0.4) is 0 Å². The van der Waals surface area contributed by atoms with E-state index < -0.39 is 0 Å². The smallest absolute Gasteiger partial charge is 0.269 e. The first-order chi connectivity index (χ1) is 9.19. The highest BCUT2D eigenvalue weighted by atomic mass is 16.5. The lowest BCUT2D eigenvalue weighted by Crippen LogP contribution is -2.29. The number of hydrogen-bond acceptors (Lipinski definition) is 4. The van der Waals surface area contributed by atoms with Gasteiger partial charge in [-0.3, -0.25) is 15.6 Å². The second kappa shape index (κ2) is 5.77. The van der Waals surface area contributed by atoms with Gasteiger partial charge in [0.2, 0.25) is 0 Å². The summed E-state index contributed by atoms with van der Waals surface area (Å²) in [4.78, 5) is 11.8. The van der Waals surface area contributed by atoms with Crippen LogP contribution in [0.4, 0.5) is 5.69 Å². The number of hydrogen-bond donors (Lipinski definition) is 3. The molecule has 5 heteroatoms. The molecule has 0 aliphatic rings. The number of amides is 1. The van der Waals surface area contributed by atoms with Crippen molar-refractivity contribution >= 4 is 11.6 Å². The van der Waals surface area contributed by atoms with Gasteiger partial charge in [-0.15, -0.1) is 0 Å². The van der Waals surface area contributed by atoms with E-state index in [1.165, 1.54) is 12.1 Å². The summed E-state index contributed by atoms with van der Waals surface area (Å²) in [7, 11) is 1.57. The van der Waals surface area contributed by atoms with Gasteiger partial charge in [-0.05, 0) is 48.5 Å². The molecule has 0 aliphatic heterocycles. The summed E-state index contributed by atoms with van der Waals surface area (Å²) >= 11 is 0. The molecular weight excluding hydrogens is 244 g/mol. The summed E-state index contributed by atoms with van der Waals surface area (Å²) in [5, 5.41) is 9.13. The number of rotatable bonds is 4. The van der Waals surface area contributed by atoms with Crippen molar-refractivity contribution in [1.29, 1.82) is 0 Å². The van der Waals surface area contributed by atoms with Gasteiger partial charge < -0.3 is 9.84 Å². The minimum absolute atomic E-state index is 0.173. The normalized spacial score (nSPS) is 9.74. The molecule has 19 heavy (non-hydrogen) atoms. The van der Waals surface area contributed by atoms with Gasteiger partial charge >= 0.3 is 0 Å². The Hall–Kier alpha value is -2.69. The summed E-state index contributed by atoms with van der Waals surface area (Å²) < 4.78 is 5.02. The van der Waals surface area contributed by atoms with E-state index in [0.29, 0.717) is 17.0 Å². The van der Waals surface area contributed by atoms with Crippen LogP contribution in [-0.4, -0.2) is 18.1 Å². The van der Waals surface area contributed by atoms with Gasteiger partial charge in [0.05, 0.1) is 12.8 Å². The largest absolute Gasteiger partial charge is 0.508 e. The number of phenolic OH excluding ortho intramolecular Hbond substituents is 1. The van der Waals surface area contributed by atoms with Crippen LogP contribution in [-0.2, 0) is 0 Å². The predicted molar refractivity (Wildman–Crippen MR) is 72.2 cm³/mol. The first-order valence-electron chi connectivity index (χ1n) is 5.68. The summed E-state index contributed by atoms with van der Waals surface area (Å²) in [6, 6.07) is 13.2. The second-order valence-corrected chi connectivity index (χ2v) is 3.85. The molecule has 2 aromatic rings. The van der Waals surface area contributed by atoms with Crippen molar-refractivity contribution in [3.8, 4) is 11.5 Å². The lowest BCUT2D eigenvalue weighted by atomic mass is 10.2. The fourth-order valence-electron chi connectivity index (χ4n) is 1.49. The minimum Gasteiger partial charge on any atom is -0.508 e. The molecule has 0 unspecified atom stereocenters. The Morgan fingerprint density at radius 2 is 1.68 bits per heavy atom. The molecule has 0 aromatic heterocycles. The molecule has 0 spiro atoms. The number of nitrogens with one attached hydrogen (secondary N) is 2. The quantitative estimate of drug-likeness (QED) is 0.580. The van der Waals surface area contributed by atoms with E-state index in [1.54, 1.807) is 43.5 Å². The van der Waals surface area contributed by atoms with Gasteiger partial charge in [0, 0.05) is 5.56 Å². The molecule has 0 heterocycles. The van der Waals surface area contributed by atoms with Gasteiger partial charge in [0.1, 0.15) is 11.5 Å². The molecule has 2 aromatic carbocycles. The van der Waals surface area contributed by atoms with Crippen molar-refractivity contribution in [2.75, 3.05) is 12.5 Å². The minimum atomic E-state index is -0.254. The van der Waals surface area contributed by atoms with Crippen LogP contribution in [0.15, 0.2) is 48.5 Å². The van der Waals surface area contributed by atoms with Crippen molar-refractivity contribution in [1.82, 2.24) is 5.43 Å². The molecule has 0 bridgehead atoms. The van der Waals surface area contributed by atoms with E-state index in [9.17, 15) is 4.79 Å². The second-order valence-electron chi connectivity index (χ2n) is 3.85. The molecule has 3 N–H and O–H groups in total. The molecular formula is C14H14N2O3. The molecule has 0 fully saturated rings. The average molecular weight is 258 g/mol. The summed E-state index contributed by atoms with van der Waals surface area (Å²) in [5.41, 5.74) is 6.52. The average Bonchev–Trinajstić information content (AvgIpc) is 2.46. The number of benzene rings is 2. The van der Waals surface area contributed by atoms with E-state index in [0.717, 1.165) is 0 Å². The fraction of sp³-hybridized carbons (Fsp3) is 0.0714. The van der Waals surface area contributed by atoms with Crippen molar-refractivity contribution in [2.45, 2.75) is 0 Å². The number of methoxy groups -OCH3 is 1. The van der Waals surface area contributed by atoms with Gasteiger partial charge in [0.15, 0.2) is 0 Å². The maximum absolute atomic E-state index is 11.8. The predicted octanol–water partition coefficient (Wildman–Crippen LogP) is 2.16. The first-order valence-corrected chi connectivity index (χ1v) is 5.68. The fourth-order valence-corrected chi connectivity index (χ4v) is 1.49. The number of aromatic hydroxyl groups is 1. The number of carbonyl (C=O) groups excluding carboxylic acids is 1. The number of hydrazine groups is 1. The highest BCUT2D eigenvalue weighted by Crippen LogP contribution is 2.13. The molecule has 0 radical (unpaired) electrons. The molecule has 0 atom stereocenters. The van der Waals surface area contributed by atoms with E-state index >= 15 is 0 Å². The highest BCUT2D eigenvalue weighted by Gasteiger charge is 2.04. The van der Waals surface area contributed by atoms with Crippen LogP contribution in [0.1, 0.15) is 10.4 Å². The first kappa shape index (κ1) is 12.8. The molecule has 2 rings (SSSR count). The Morgan fingerprint density at radius 1 is 1.05 bits per heavy atom. The third kappa shape index (κ3) is 3.38.